The molecule has 0 radical (unpaired) electrons. The van der Waals surface area contributed by atoms with Crippen LogP contribution < -0.4 is 4.90 Å². The fourth-order valence-electron chi connectivity index (χ4n) is 7.05. The summed E-state index contributed by atoms with van der Waals surface area (Å²) in [5.74, 6) is -5.06. The van der Waals surface area contributed by atoms with E-state index in [4.69, 9.17) is 4.42 Å². The molecule has 4 aliphatic rings. The number of hydrogen-bond acceptors (Lipinski definition) is 8. The second kappa shape index (κ2) is 8.49. The molecule has 196 valence electrons. The maximum Gasteiger partial charge on any atom is 0.423 e. The summed E-state index contributed by atoms with van der Waals surface area (Å²) in [5, 5.41) is 9.64. The highest BCUT2D eigenvalue weighted by Crippen LogP contribution is 2.63. The van der Waals surface area contributed by atoms with Gasteiger partial charge in [0.1, 0.15) is 18.1 Å². The molecule has 6 unspecified atom stereocenters. The Morgan fingerprint density at radius 2 is 1.79 bits per heavy atom. The van der Waals surface area contributed by atoms with E-state index >= 15 is 0 Å². The normalized spacial score (nSPS) is 32.2. The van der Waals surface area contributed by atoms with E-state index < -0.39 is 52.9 Å². The van der Waals surface area contributed by atoms with E-state index in [0.717, 1.165) is 12.7 Å². The predicted molar refractivity (Wildman–Crippen MR) is 130 cm³/mol. The second-order valence-corrected chi connectivity index (χ2v) is 10.4. The number of fused-ring (bicyclic) bond motifs is 4. The fraction of sp³-hybridized carbons (Fsp3) is 0.393. The molecule has 2 aliphatic carbocycles. The minimum Gasteiger partial charge on any atom is -0.463 e. The van der Waals surface area contributed by atoms with Crippen molar-refractivity contribution in [1.82, 2.24) is 4.90 Å². The molecule has 1 aromatic heterocycles. The number of methoxy groups -OCH3 is 1. The molecule has 2 aliphatic heterocycles. The lowest BCUT2D eigenvalue weighted by Crippen LogP contribution is -2.48. The van der Waals surface area contributed by atoms with Crippen LogP contribution in [-0.2, 0) is 30.5 Å². The van der Waals surface area contributed by atoms with E-state index in [1.54, 1.807) is 49.4 Å². The van der Waals surface area contributed by atoms with E-state index in [9.17, 15) is 29.1 Å². The van der Waals surface area contributed by atoms with Crippen LogP contribution in [0.5, 0.6) is 0 Å². The Kier molecular flexibility index (Phi) is 5.43. The Bertz CT molecular complexity index is 1410. The lowest BCUT2D eigenvalue weighted by molar-refractivity contribution is -0.138. The Hall–Kier alpha value is -4.05. The van der Waals surface area contributed by atoms with Gasteiger partial charge in [-0.05, 0) is 49.9 Å². The highest BCUT2D eigenvalue weighted by molar-refractivity contribution is 6.24. The number of allylic oxidation sites excluding steroid dienone is 2. The molecule has 0 spiro atoms. The number of aliphatic hydroxyl groups is 1. The summed E-state index contributed by atoms with van der Waals surface area (Å²) >= 11 is 0. The van der Waals surface area contributed by atoms with Gasteiger partial charge in [0.25, 0.3) is 0 Å². The number of carbonyl (C=O) groups is 5. The number of aliphatic hydroxyl groups excluding tert-OH is 1. The maximum atomic E-state index is 14.1. The van der Waals surface area contributed by atoms with Crippen molar-refractivity contribution in [3.63, 3.8) is 0 Å². The summed E-state index contributed by atoms with van der Waals surface area (Å²) < 4.78 is 10.6. The van der Waals surface area contributed by atoms with Crippen molar-refractivity contribution in [3.05, 3.63) is 65.6 Å². The van der Waals surface area contributed by atoms with E-state index in [1.807, 2.05) is 6.08 Å². The highest BCUT2D eigenvalue weighted by atomic mass is 16.5. The summed E-state index contributed by atoms with van der Waals surface area (Å²) in [6.07, 6.45) is 1.18. The third kappa shape index (κ3) is 3.06. The molecule has 1 saturated carbocycles. The van der Waals surface area contributed by atoms with Crippen molar-refractivity contribution in [1.29, 1.82) is 0 Å². The number of carbonyl (C=O) groups excluding carboxylic acids is 5. The van der Waals surface area contributed by atoms with Gasteiger partial charge in [-0.3, -0.25) is 19.2 Å². The van der Waals surface area contributed by atoms with Crippen LogP contribution in [0.25, 0.3) is 0 Å². The number of amides is 5. The molecule has 0 bridgehead atoms. The van der Waals surface area contributed by atoms with Gasteiger partial charge in [-0.15, -0.1) is 0 Å². The van der Waals surface area contributed by atoms with Crippen molar-refractivity contribution < 1.29 is 38.2 Å². The summed E-state index contributed by atoms with van der Waals surface area (Å²) in [5.41, 5.74) is -0.0562. The number of hydrogen-bond donors (Lipinski definition) is 1. The molecule has 1 aromatic carbocycles. The average Bonchev–Trinajstić information content (AvgIpc) is 3.55. The summed E-state index contributed by atoms with van der Waals surface area (Å²) in [6, 6.07) is 12.0. The third-order valence-electron chi connectivity index (χ3n) is 8.77. The zero-order valence-electron chi connectivity index (χ0n) is 20.8. The second-order valence-electron chi connectivity index (χ2n) is 10.4. The predicted octanol–water partition coefficient (Wildman–Crippen LogP) is 2.77. The minimum atomic E-state index is -1.24. The van der Waals surface area contributed by atoms with Crippen LogP contribution in [0.1, 0.15) is 37.2 Å². The quantitative estimate of drug-likeness (QED) is 0.484. The molecule has 10 nitrogen and oxygen atoms in total. The van der Waals surface area contributed by atoms with Gasteiger partial charge in [0.15, 0.2) is 0 Å². The molecule has 1 N–H and O–H groups in total. The number of ether oxygens (including phenoxy) is 1. The summed E-state index contributed by atoms with van der Waals surface area (Å²) in [7, 11) is 1.10. The first-order valence-electron chi connectivity index (χ1n) is 12.5. The molecular formula is C28H26N2O8. The molecule has 2 aromatic rings. The average molecular weight is 519 g/mol. The van der Waals surface area contributed by atoms with E-state index in [0.29, 0.717) is 22.1 Å². The molecule has 3 fully saturated rings. The Morgan fingerprint density at radius 1 is 1.05 bits per heavy atom. The minimum absolute atomic E-state index is 0.162. The summed E-state index contributed by atoms with van der Waals surface area (Å²) in [6.45, 7) is 1.41. The van der Waals surface area contributed by atoms with Crippen LogP contribution in [0.4, 0.5) is 10.5 Å². The first-order chi connectivity index (χ1) is 18.2. The zero-order valence-corrected chi connectivity index (χ0v) is 20.8. The third-order valence-corrected chi connectivity index (χ3v) is 8.77. The Labute approximate surface area is 217 Å². The SMILES string of the molecule is COC(=O)N1C(=O)C2CC=C3C(CC4C(=O)N(c5ccccc5)C(=O)C4(C)C3c3ccc(CO)o3)C2C1=O. The number of anilines is 1. The van der Waals surface area contributed by atoms with Crippen molar-refractivity contribution in [2.24, 2.45) is 29.1 Å². The van der Waals surface area contributed by atoms with Gasteiger partial charge in [0.05, 0.1) is 41.9 Å². The van der Waals surface area contributed by atoms with Gasteiger partial charge in [-0.2, -0.15) is 4.90 Å². The Morgan fingerprint density at radius 3 is 2.45 bits per heavy atom. The number of furan rings is 1. The lowest BCUT2D eigenvalue weighted by Gasteiger charge is -2.48. The first-order valence-corrected chi connectivity index (χ1v) is 12.5. The standard InChI is InChI=1S/C28H26N2O8/c1-28-19(24(33)29(26(28)35)14-6-4-3-5-7-14)12-18-16(22(28)20-11-8-15(13-31)38-20)9-10-17-21(18)25(34)30(23(17)32)27(36)37-2/h3-9,11,17-19,21-22,31H,10,12-13H2,1-2H3. The highest BCUT2D eigenvalue weighted by Gasteiger charge is 2.68. The van der Waals surface area contributed by atoms with Gasteiger partial charge in [-0.1, -0.05) is 29.8 Å². The van der Waals surface area contributed by atoms with Crippen LogP contribution in [0.2, 0.25) is 0 Å². The number of benzene rings is 1. The molecule has 3 heterocycles. The van der Waals surface area contributed by atoms with Crippen molar-refractivity contribution >= 4 is 35.4 Å². The number of likely N-dealkylation sites (tertiary alicyclic amines) is 1. The number of rotatable bonds is 3. The molecule has 10 heteroatoms. The Balaban J connectivity index is 1.50. The van der Waals surface area contributed by atoms with E-state index in [-0.39, 0.29) is 31.3 Å². The molecular weight excluding hydrogens is 492 g/mol. The molecule has 6 atom stereocenters. The zero-order chi connectivity index (χ0) is 26.9. The smallest absolute Gasteiger partial charge is 0.423 e. The maximum absolute atomic E-state index is 14.1. The topological polar surface area (TPSA) is 134 Å². The molecule has 5 amide bonds. The van der Waals surface area contributed by atoms with Gasteiger partial charge in [0, 0.05) is 0 Å². The number of nitrogens with zero attached hydrogens (tertiary/aromatic N) is 2. The van der Waals surface area contributed by atoms with Gasteiger partial charge < -0.3 is 14.3 Å². The number of imide groups is 4. The molecule has 6 rings (SSSR count). The van der Waals surface area contributed by atoms with Crippen LogP contribution in [0.3, 0.4) is 0 Å². The fourth-order valence-corrected chi connectivity index (χ4v) is 7.05. The van der Waals surface area contributed by atoms with Crippen molar-refractivity contribution in [3.8, 4) is 0 Å². The van der Waals surface area contributed by atoms with Gasteiger partial charge in [-0.25, -0.2) is 9.69 Å². The van der Waals surface area contributed by atoms with Crippen LogP contribution in [0.15, 0.2) is 58.5 Å². The van der Waals surface area contributed by atoms with Gasteiger partial charge >= 0.3 is 6.09 Å². The molecule has 2 saturated heterocycles. The van der Waals surface area contributed by atoms with Crippen LogP contribution in [0, 0.1) is 29.1 Å². The van der Waals surface area contributed by atoms with E-state index in [1.165, 1.54) is 4.90 Å². The van der Waals surface area contributed by atoms with Crippen LogP contribution >= 0.6 is 0 Å². The largest absolute Gasteiger partial charge is 0.463 e. The summed E-state index contributed by atoms with van der Waals surface area (Å²) in [4.78, 5) is 68.6. The van der Waals surface area contributed by atoms with Crippen LogP contribution in [-0.4, -0.2) is 46.8 Å². The monoisotopic (exact) mass is 518 g/mol. The number of para-hydroxylation sites is 1. The van der Waals surface area contributed by atoms with Crippen molar-refractivity contribution in [2.45, 2.75) is 32.3 Å². The lowest BCUT2D eigenvalue weighted by atomic mass is 9.52. The molecule has 38 heavy (non-hydrogen) atoms. The van der Waals surface area contributed by atoms with Gasteiger partial charge in [0.2, 0.25) is 23.6 Å². The first kappa shape index (κ1) is 24.3. The van der Waals surface area contributed by atoms with E-state index in [2.05, 4.69) is 4.74 Å². The van der Waals surface area contributed by atoms with Crippen molar-refractivity contribution in [2.75, 3.05) is 12.0 Å².